The lowest BCUT2D eigenvalue weighted by Gasteiger charge is -2.30. The van der Waals surface area contributed by atoms with Gasteiger partial charge in [0.05, 0.1) is 4.90 Å². The maximum Gasteiger partial charge on any atom is 0.243 e. The second kappa shape index (κ2) is 9.06. The number of piperidine rings is 1. The van der Waals surface area contributed by atoms with Crippen molar-refractivity contribution < 1.29 is 18.0 Å². The van der Waals surface area contributed by atoms with Gasteiger partial charge < -0.3 is 10.2 Å². The average molecular weight is 436 g/mol. The molecular formula is C22H33N3O4S. The molecule has 0 saturated carbocycles. The SMILES string of the molecule is CC(=O)N1c2ccc(S(=O)(=O)N3CCC(C(=O)NCCC(C)C)CC3)cc2C[C@H]1C. The van der Waals surface area contributed by atoms with E-state index < -0.39 is 10.0 Å². The Kier molecular flexibility index (Phi) is 6.87. The minimum Gasteiger partial charge on any atom is -0.356 e. The van der Waals surface area contributed by atoms with Crippen molar-refractivity contribution in [2.45, 2.75) is 64.3 Å². The number of amides is 2. The number of hydrogen-bond donors (Lipinski definition) is 1. The van der Waals surface area contributed by atoms with Crippen LogP contribution in [0.5, 0.6) is 0 Å². The van der Waals surface area contributed by atoms with Crippen LogP contribution in [0.15, 0.2) is 23.1 Å². The number of carbonyl (C=O) groups excluding carboxylic acids is 2. The first-order chi connectivity index (χ1) is 14.1. The minimum atomic E-state index is -3.62. The smallest absolute Gasteiger partial charge is 0.243 e. The van der Waals surface area contributed by atoms with Crippen LogP contribution in [0.3, 0.4) is 0 Å². The van der Waals surface area contributed by atoms with Gasteiger partial charge in [-0.25, -0.2) is 8.42 Å². The lowest BCUT2D eigenvalue weighted by Crippen LogP contribution is -2.43. The van der Waals surface area contributed by atoms with Gasteiger partial charge in [-0.2, -0.15) is 4.31 Å². The van der Waals surface area contributed by atoms with E-state index in [2.05, 4.69) is 19.2 Å². The number of hydrogen-bond acceptors (Lipinski definition) is 4. The molecule has 2 amide bonds. The molecule has 3 rings (SSSR count). The topological polar surface area (TPSA) is 86.8 Å². The van der Waals surface area contributed by atoms with E-state index in [0.717, 1.165) is 17.7 Å². The van der Waals surface area contributed by atoms with Crippen molar-refractivity contribution in [1.82, 2.24) is 9.62 Å². The van der Waals surface area contributed by atoms with Crippen LogP contribution >= 0.6 is 0 Å². The Bertz CT molecular complexity index is 905. The first-order valence-corrected chi connectivity index (χ1v) is 12.3. The molecule has 8 heteroatoms. The predicted octanol–water partition coefficient (Wildman–Crippen LogP) is 2.55. The fourth-order valence-corrected chi connectivity index (χ4v) is 5.90. The summed E-state index contributed by atoms with van der Waals surface area (Å²) in [6.07, 6.45) is 2.66. The molecule has 2 aliphatic rings. The van der Waals surface area contributed by atoms with Crippen molar-refractivity contribution in [2.24, 2.45) is 11.8 Å². The molecule has 7 nitrogen and oxygen atoms in total. The average Bonchev–Trinajstić information content (AvgIpc) is 3.02. The second-order valence-electron chi connectivity index (χ2n) is 8.88. The molecular weight excluding hydrogens is 402 g/mol. The highest BCUT2D eigenvalue weighted by Gasteiger charge is 2.34. The number of nitrogens with one attached hydrogen (secondary N) is 1. The Labute approximate surface area is 179 Å². The van der Waals surface area contributed by atoms with Crippen molar-refractivity contribution in [2.75, 3.05) is 24.5 Å². The van der Waals surface area contributed by atoms with Gasteiger partial charge in [0.1, 0.15) is 0 Å². The highest BCUT2D eigenvalue weighted by atomic mass is 32.2. The first-order valence-electron chi connectivity index (χ1n) is 10.8. The van der Waals surface area contributed by atoms with Crippen molar-refractivity contribution in [3.8, 4) is 0 Å². The molecule has 1 aromatic rings. The van der Waals surface area contributed by atoms with Crippen LogP contribution in [0.1, 0.15) is 52.5 Å². The molecule has 1 saturated heterocycles. The van der Waals surface area contributed by atoms with E-state index in [1.54, 1.807) is 23.1 Å². The molecule has 2 heterocycles. The van der Waals surface area contributed by atoms with Gasteiger partial charge in [-0.1, -0.05) is 13.8 Å². The number of benzene rings is 1. The number of fused-ring (bicyclic) bond motifs is 1. The van der Waals surface area contributed by atoms with Crippen LogP contribution in [-0.4, -0.2) is 50.2 Å². The Hall–Kier alpha value is -1.93. The quantitative estimate of drug-likeness (QED) is 0.744. The highest BCUT2D eigenvalue weighted by Crippen LogP contribution is 2.35. The van der Waals surface area contributed by atoms with E-state index in [4.69, 9.17) is 0 Å². The summed E-state index contributed by atoms with van der Waals surface area (Å²) in [7, 11) is -3.62. The van der Waals surface area contributed by atoms with Crippen LogP contribution in [0.25, 0.3) is 0 Å². The standard InChI is InChI=1S/C22H33N3O4S/c1-15(2)7-10-23-22(27)18-8-11-24(12-9-18)30(28,29)20-5-6-21-19(14-20)13-16(3)25(21)17(4)26/h5-6,14-16,18H,7-13H2,1-4H3,(H,23,27)/t16-/m1/s1. The maximum absolute atomic E-state index is 13.2. The van der Waals surface area contributed by atoms with Crippen molar-refractivity contribution in [1.29, 1.82) is 0 Å². The van der Waals surface area contributed by atoms with E-state index >= 15 is 0 Å². The second-order valence-corrected chi connectivity index (χ2v) is 10.8. The Morgan fingerprint density at radius 2 is 1.87 bits per heavy atom. The third-order valence-corrected chi connectivity index (χ3v) is 7.98. The molecule has 166 valence electrons. The van der Waals surface area contributed by atoms with Crippen molar-refractivity contribution in [3.05, 3.63) is 23.8 Å². The van der Waals surface area contributed by atoms with Crippen LogP contribution in [-0.2, 0) is 26.0 Å². The predicted molar refractivity (Wildman–Crippen MR) is 117 cm³/mol. The zero-order valence-corrected chi connectivity index (χ0v) is 19.2. The molecule has 0 aromatic heterocycles. The number of sulfonamides is 1. The Balaban J connectivity index is 1.65. The monoisotopic (exact) mass is 435 g/mol. The Morgan fingerprint density at radius 1 is 1.20 bits per heavy atom. The van der Waals surface area contributed by atoms with Crippen LogP contribution in [0.4, 0.5) is 5.69 Å². The minimum absolute atomic E-state index is 0.0282. The summed E-state index contributed by atoms with van der Waals surface area (Å²) in [6.45, 7) is 9.08. The van der Waals surface area contributed by atoms with Gasteiger partial charge in [0.2, 0.25) is 21.8 Å². The highest BCUT2D eigenvalue weighted by molar-refractivity contribution is 7.89. The van der Waals surface area contributed by atoms with Gasteiger partial charge in [-0.15, -0.1) is 0 Å². The summed E-state index contributed by atoms with van der Waals surface area (Å²) in [5.41, 5.74) is 1.68. The van der Waals surface area contributed by atoms with Crippen molar-refractivity contribution in [3.63, 3.8) is 0 Å². The molecule has 2 aliphatic heterocycles. The molecule has 0 aliphatic carbocycles. The molecule has 1 aromatic carbocycles. The number of carbonyl (C=O) groups is 2. The van der Waals surface area contributed by atoms with Gasteiger partial charge in [0.15, 0.2) is 0 Å². The van der Waals surface area contributed by atoms with E-state index in [9.17, 15) is 18.0 Å². The molecule has 1 N–H and O–H groups in total. The van der Waals surface area contributed by atoms with Crippen molar-refractivity contribution >= 4 is 27.5 Å². The summed E-state index contributed by atoms with van der Waals surface area (Å²) in [5, 5.41) is 2.98. The van der Waals surface area contributed by atoms with Gasteiger partial charge in [0.25, 0.3) is 0 Å². The van der Waals surface area contributed by atoms with E-state index in [-0.39, 0.29) is 28.7 Å². The molecule has 0 spiro atoms. The summed E-state index contributed by atoms with van der Waals surface area (Å²) >= 11 is 0. The lowest BCUT2D eigenvalue weighted by molar-refractivity contribution is -0.126. The van der Waals surface area contributed by atoms with E-state index in [1.807, 2.05) is 6.92 Å². The normalized spacial score (nSPS) is 20.4. The first kappa shape index (κ1) is 22.7. The third kappa shape index (κ3) is 4.70. The van der Waals surface area contributed by atoms with Gasteiger partial charge >= 0.3 is 0 Å². The van der Waals surface area contributed by atoms with E-state index in [0.29, 0.717) is 44.8 Å². The Morgan fingerprint density at radius 3 is 2.47 bits per heavy atom. The largest absolute Gasteiger partial charge is 0.356 e. The number of rotatable bonds is 6. The molecule has 0 bridgehead atoms. The third-order valence-electron chi connectivity index (χ3n) is 6.09. The van der Waals surface area contributed by atoms with Crippen LogP contribution in [0.2, 0.25) is 0 Å². The zero-order chi connectivity index (χ0) is 22.1. The molecule has 30 heavy (non-hydrogen) atoms. The molecule has 1 atom stereocenters. The van der Waals surface area contributed by atoms with Gasteiger partial charge in [-0.3, -0.25) is 9.59 Å². The summed E-state index contributed by atoms with van der Waals surface area (Å²) in [6, 6.07) is 5.06. The summed E-state index contributed by atoms with van der Waals surface area (Å²) in [5.74, 6) is 0.401. The summed E-state index contributed by atoms with van der Waals surface area (Å²) < 4.78 is 27.8. The van der Waals surface area contributed by atoms with Crippen LogP contribution in [0, 0.1) is 11.8 Å². The summed E-state index contributed by atoms with van der Waals surface area (Å²) in [4.78, 5) is 26.2. The lowest BCUT2D eigenvalue weighted by atomic mass is 9.97. The molecule has 1 fully saturated rings. The van der Waals surface area contributed by atoms with E-state index in [1.165, 1.54) is 11.2 Å². The number of anilines is 1. The fraction of sp³-hybridized carbons (Fsp3) is 0.636. The van der Waals surface area contributed by atoms with Gasteiger partial charge in [0, 0.05) is 44.2 Å². The van der Waals surface area contributed by atoms with Crippen LogP contribution < -0.4 is 10.2 Å². The number of nitrogens with zero attached hydrogens (tertiary/aromatic N) is 2. The molecule has 0 unspecified atom stereocenters. The molecule has 0 radical (unpaired) electrons. The maximum atomic E-state index is 13.2. The fourth-order valence-electron chi connectivity index (χ4n) is 4.38. The van der Waals surface area contributed by atoms with Gasteiger partial charge in [-0.05, 0) is 62.3 Å². The zero-order valence-electron chi connectivity index (χ0n) is 18.3.